The second-order valence-electron chi connectivity index (χ2n) is 14.8. The van der Waals surface area contributed by atoms with Crippen LogP contribution in [0.1, 0.15) is 0 Å². The van der Waals surface area contributed by atoms with Gasteiger partial charge in [0, 0.05) is 0 Å². The van der Waals surface area contributed by atoms with E-state index in [0.717, 1.165) is 66.9 Å². The average Bonchev–Trinajstić information content (AvgIpc) is 3.93. The first-order valence-corrected chi connectivity index (χ1v) is 23.6. The van der Waals surface area contributed by atoms with Crippen molar-refractivity contribution >= 4 is 74.7 Å². The summed E-state index contributed by atoms with van der Waals surface area (Å²) in [6, 6.07) is 72.1. The summed E-state index contributed by atoms with van der Waals surface area (Å²) in [6.07, 6.45) is 0. The molecule has 4 heterocycles. The molecule has 0 bridgehead atoms. The van der Waals surface area contributed by atoms with E-state index in [1.807, 2.05) is 6.07 Å². The van der Waals surface area contributed by atoms with Gasteiger partial charge in [-0.25, -0.2) is 0 Å². The van der Waals surface area contributed by atoms with Crippen LogP contribution in [0.4, 0.5) is 0 Å². The summed E-state index contributed by atoms with van der Waals surface area (Å²) in [6.45, 7) is 0. The molecule has 0 aliphatic carbocycles. The Bertz CT molecular complexity index is 3300. The van der Waals surface area contributed by atoms with Gasteiger partial charge in [0.1, 0.15) is 0 Å². The number of nitrogens with zero attached hydrogens (tertiary/aromatic N) is 3. The van der Waals surface area contributed by atoms with Crippen molar-refractivity contribution in [3.63, 3.8) is 0 Å². The maximum absolute atomic E-state index is 6.40. The summed E-state index contributed by atoms with van der Waals surface area (Å²) in [5, 5.41) is 4.67. The third kappa shape index (κ3) is 4.62. The molecule has 0 radical (unpaired) electrons. The quantitative estimate of drug-likeness (QED) is 0.163. The zero-order chi connectivity index (χ0) is 37.5. The number of fused-ring (bicyclic) bond motifs is 10. The van der Waals surface area contributed by atoms with E-state index in [9.17, 15) is 0 Å². The van der Waals surface area contributed by atoms with Crippen LogP contribution in [0.15, 0.2) is 205 Å². The van der Waals surface area contributed by atoms with E-state index in [0.29, 0.717) is 0 Å². The van der Waals surface area contributed by atoms with Crippen LogP contribution in [0, 0.1) is 0 Å². The first kappa shape index (κ1) is 32.2. The molecule has 0 N–H and O–H groups in total. The van der Waals surface area contributed by atoms with Crippen molar-refractivity contribution in [2.24, 2.45) is 0 Å². The van der Waals surface area contributed by atoms with Gasteiger partial charge in [-0.2, -0.15) is 0 Å². The van der Waals surface area contributed by atoms with Crippen molar-refractivity contribution in [3.8, 4) is 39.5 Å². The molecule has 0 unspecified atom stereocenters. The predicted molar refractivity (Wildman–Crippen MR) is 237 cm³/mol. The minimum absolute atomic E-state index is 0.750. The molecular weight excluding hydrogens is 755 g/mol. The van der Waals surface area contributed by atoms with E-state index in [4.69, 9.17) is 14.4 Å². The summed E-state index contributed by atoms with van der Waals surface area (Å²) in [7, 11) is 0. The molecule has 0 amide bonds. The van der Waals surface area contributed by atoms with Gasteiger partial charge >= 0.3 is 315 Å². The van der Waals surface area contributed by atoms with Crippen LogP contribution in [0.5, 0.6) is 0 Å². The van der Waals surface area contributed by atoms with Crippen molar-refractivity contribution < 1.29 is 4.42 Å². The molecule has 0 spiro atoms. The van der Waals surface area contributed by atoms with Crippen LogP contribution < -0.4 is 17.7 Å². The molecule has 3 aromatic heterocycles. The van der Waals surface area contributed by atoms with Gasteiger partial charge in [0.15, 0.2) is 0 Å². The van der Waals surface area contributed by atoms with Gasteiger partial charge in [0.25, 0.3) is 0 Å². The monoisotopic (exact) mass is 789 g/mol. The molecule has 12 rings (SSSR count). The second-order valence-corrected chi connectivity index (χ2v) is 22.5. The average molecular weight is 788 g/mol. The van der Waals surface area contributed by atoms with E-state index < -0.39 is 13.3 Å². The van der Waals surface area contributed by atoms with Crippen LogP contribution in [0.2, 0.25) is 0 Å². The summed E-state index contributed by atoms with van der Waals surface area (Å²) < 4.78 is 14.1. The van der Waals surface area contributed by atoms with Gasteiger partial charge in [0.05, 0.1) is 0 Å². The Morgan fingerprint density at radius 1 is 0.456 bits per heavy atom. The van der Waals surface area contributed by atoms with Gasteiger partial charge in [-0.3, -0.25) is 0 Å². The Hall–Kier alpha value is -7.02. The van der Waals surface area contributed by atoms with E-state index in [1.165, 1.54) is 34.1 Å². The number of aromatic nitrogens is 3. The number of rotatable bonds is 5. The van der Waals surface area contributed by atoms with Crippen LogP contribution in [0.25, 0.3) is 83.2 Å². The second kappa shape index (κ2) is 12.5. The zero-order valence-electron chi connectivity index (χ0n) is 30.8. The van der Waals surface area contributed by atoms with Crippen LogP contribution >= 0.6 is 0 Å². The van der Waals surface area contributed by atoms with Gasteiger partial charge in [-0.05, 0) is 6.07 Å². The molecule has 0 saturated carbocycles. The third-order valence-corrected chi connectivity index (χ3v) is 21.8. The molecule has 0 fully saturated rings. The molecule has 1 aliphatic heterocycles. The fourth-order valence-corrected chi connectivity index (χ4v) is 20.0. The molecule has 0 atom stereocenters. The zero-order valence-corrected chi connectivity index (χ0v) is 32.9. The topological polar surface area (TPSA) is 43.9 Å². The number of furan rings is 1. The van der Waals surface area contributed by atoms with Crippen molar-refractivity contribution in [2.45, 2.75) is 0 Å². The molecule has 1 aliphatic rings. The Morgan fingerprint density at radius 3 is 1.84 bits per heavy atom. The molecule has 57 heavy (non-hydrogen) atoms. The first-order chi connectivity index (χ1) is 28.3. The van der Waals surface area contributed by atoms with Crippen molar-refractivity contribution in [3.05, 3.63) is 200 Å². The first-order valence-electron chi connectivity index (χ1n) is 19.4. The molecule has 0 saturated heterocycles. The Balaban J connectivity index is 1.14. The molecule has 5 heteroatoms. The van der Waals surface area contributed by atoms with E-state index >= 15 is 0 Å². The fraction of sp³-hybridized carbons (Fsp3) is 0. The van der Waals surface area contributed by atoms with Gasteiger partial charge < -0.3 is 0 Å². The Kier molecular flexibility index (Phi) is 7.07. The summed E-state index contributed by atoms with van der Waals surface area (Å²) >= 11 is -3.65. The molecule has 8 aromatic carbocycles. The normalized spacial score (nSPS) is 13.1. The van der Waals surface area contributed by atoms with Gasteiger partial charge in [-0.1, -0.05) is 12.1 Å². The fourth-order valence-electron chi connectivity index (χ4n) is 9.50. The van der Waals surface area contributed by atoms with Crippen LogP contribution in [0.3, 0.4) is 0 Å². The van der Waals surface area contributed by atoms with Crippen molar-refractivity contribution in [1.82, 2.24) is 14.5 Å². The third-order valence-electron chi connectivity index (χ3n) is 11.9. The number of benzene rings is 8. The molecule has 266 valence electrons. The summed E-state index contributed by atoms with van der Waals surface area (Å²) in [4.78, 5) is 11.2. The van der Waals surface area contributed by atoms with E-state index in [2.05, 4.69) is 199 Å². The summed E-state index contributed by atoms with van der Waals surface area (Å²) in [5.74, 6) is 0.750. The predicted octanol–water partition coefficient (Wildman–Crippen LogP) is 10.2. The molecule has 11 aromatic rings. The van der Waals surface area contributed by atoms with E-state index in [1.54, 1.807) is 0 Å². The summed E-state index contributed by atoms with van der Waals surface area (Å²) in [5.41, 5.74) is 10.6. The molecular formula is C52H33GeN3O. The number of para-hydroxylation sites is 2. The number of hydrogen-bond donors (Lipinski definition) is 0. The van der Waals surface area contributed by atoms with Crippen LogP contribution in [-0.2, 0) is 0 Å². The number of hydrogen-bond acceptors (Lipinski definition) is 3. The van der Waals surface area contributed by atoms with Gasteiger partial charge in [0.2, 0.25) is 0 Å². The van der Waals surface area contributed by atoms with Crippen molar-refractivity contribution in [2.75, 3.05) is 0 Å². The van der Waals surface area contributed by atoms with Crippen LogP contribution in [-0.4, -0.2) is 27.8 Å². The Morgan fingerprint density at radius 2 is 1.09 bits per heavy atom. The minimum atomic E-state index is -3.65. The SMILES string of the molecule is c1ccc(-c2nc(-c3ccc(-n4c5ccccc5c5ccc6oc7ccccc7c6c54)cc3)c3[c](n2)[Ge]([c]2ccccc2)([c]2ccccc2)[c]2ccccc2-3)cc1. The van der Waals surface area contributed by atoms with E-state index in [-0.39, 0.29) is 0 Å². The van der Waals surface area contributed by atoms with Crippen molar-refractivity contribution in [1.29, 1.82) is 0 Å². The maximum atomic E-state index is 6.40. The molecule has 4 nitrogen and oxygen atoms in total. The Labute approximate surface area is 331 Å². The van der Waals surface area contributed by atoms with Gasteiger partial charge in [-0.15, -0.1) is 0 Å². The standard InChI is InChI=1S/C52H33GeN3O/c1-4-16-35(17-5-1)52-54-49(48-41-23-10-13-25-43(41)53(51(48)55-52,36-18-6-2-7-19-36)37-20-8-3-9-21-37)34-28-30-38(31-29-34)56-44-26-14-11-22-39(44)40-32-33-46-47(50(40)56)42-24-12-15-27-45(42)57-46/h1-33H.